The normalized spacial score (nSPS) is 13.2. The highest BCUT2D eigenvalue weighted by atomic mass is 35.5. The second kappa shape index (κ2) is 9.77. The summed E-state index contributed by atoms with van der Waals surface area (Å²) in [4.78, 5) is 19.2. The van der Waals surface area contributed by atoms with Crippen LogP contribution in [0.1, 0.15) is 45.0 Å². The number of furan rings is 1. The summed E-state index contributed by atoms with van der Waals surface area (Å²) in [6.45, 7) is 0.496. The van der Waals surface area contributed by atoms with Crippen LogP contribution in [-0.2, 0) is 19.4 Å². The molecule has 1 N–H and O–H groups in total. The van der Waals surface area contributed by atoms with Crippen LogP contribution in [0.15, 0.2) is 76.1 Å². The zero-order valence-electron chi connectivity index (χ0n) is 18.0. The lowest BCUT2D eigenvalue weighted by Gasteiger charge is -2.12. The molecule has 1 aliphatic rings. The Balaban J connectivity index is 1.39. The molecule has 33 heavy (non-hydrogen) atoms. The van der Waals surface area contributed by atoms with Crippen molar-refractivity contribution in [2.75, 3.05) is 0 Å². The lowest BCUT2D eigenvalue weighted by Crippen LogP contribution is -2.24. The van der Waals surface area contributed by atoms with E-state index in [9.17, 15) is 4.79 Å². The summed E-state index contributed by atoms with van der Waals surface area (Å²) < 4.78 is 5.95. The van der Waals surface area contributed by atoms with Crippen LogP contribution in [0.5, 0.6) is 0 Å². The molecule has 2 aromatic heterocycles. The Hall–Kier alpha value is -3.15. The maximum absolute atomic E-state index is 13.2. The molecule has 5 rings (SSSR count). The lowest BCUT2D eigenvalue weighted by molar-refractivity contribution is 0.0951. The van der Waals surface area contributed by atoms with Gasteiger partial charge < -0.3 is 9.73 Å². The van der Waals surface area contributed by atoms with Gasteiger partial charge in [-0.15, -0.1) is 11.3 Å². The smallest absolute Gasteiger partial charge is 0.254 e. The van der Waals surface area contributed by atoms with E-state index in [4.69, 9.17) is 21.0 Å². The summed E-state index contributed by atoms with van der Waals surface area (Å²) in [7, 11) is 0. The Morgan fingerprint density at radius 1 is 1.03 bits per heavy atom. The third kappa shape index (κ3) is 4.95. The highest BCUT2D eigenvalue weighted by Gasteiger charge is 2.25. The Morgan fingerprint density at radius 2 is 1.82 bits per heavy atom. The molecule has 1 aliphatic carbocycles. The molecule has 0 atom stereocenters. The van der Waals surface area contributed by atoms with Gasteiger partial charge >= 0.3 is 0 Å². The van der Waals surface area contributed by atoms with E-state index >= 15 is 0 Å². The number of aliphatic imine (C=N–C) groups is 1. The van der Waals surface area contributed by atoms with E-state index in [0.717, 1.165) is 53.1 Å². The van der Waals surface area contributed by atoms with Crippen molar-refractivity contribution in [2.24, 2.45) is 4.99 Å². The van der Waals surface area contributed by atoms with E-state index in [1.807, 2.05) is 66.7 Å². The molecule has 0 bridgehead atoms. The van der Waals surface area contributed by atoms with Crippen LogP contribution in [0.3, 0.4) is 0 Å². The van der Waals surface area contributed by atoms with Gasteiger partial charge in [0.15, 0.2) is 0 Å². The minimum atomic E-state index is -0.0632. The number of hydrogen-bond donors (Lipinski definition) is 1. The Bertz CT molecular complexity index is 1290. The number of nitrogens with one attached hydrogen (secondary N) is 1. The fourth-order valence-electron chi connectivity index (χ4n) is 4.06. The molecular weight excluding hydrogens is 452 g/mol. The van der Waals surface area contributed by atoms with Crippen LogP contribution in [0.2, 0.25) is 5.02 Å². The zero-order valence-corrected chi connectivity index (χ0v) is 19.6. The van der Waals surface area contributed by atoms with Crippen molar-refractivity contribution < 1.29 is 9.21 Å². The van der Waals surface area contributed by atoms with Crippen molar-refractivity contribution in [3.05, 3.63) is 99.1 Å². The van der Waals surface area contributed by atoms with Gasteiger partial charge in [0, 0.05) is 22.0 Å². The molecule has 0 radical (unpaired) electrons. The van der Waals surface area contributed by atoms with E-state index in [0.29, 0.717) is 22.9 Å². The number of carbonyl (C=O) groups excluding carboxylic acids is 1. The molecule has 0 saturated carbocycles. The topological polar surface area (TPSA) is 54.6 Å². The van der Waals surface area contributed by atoms with Gasteiger partial charge in [0.1, 0.15) is 16.5 Å². The SMILES string of the molecule is O=C(NCc1ccccc1)c1c(N=Cc2ccc(-c3ccc(Cl)cc3)o2)sc2c1CCCC2. The van der Waals surface area contributed by atoms with Crippen LogP contribution < -0.4 is 5.32 Å². The van der Waals surface area contributed by atoms with E-state index in [1.54, 1.807) is 17.6 Å². The highest BCUT2D eigenvalue weighted by molar-refractivity contribution is 7.16. The van der Waals surface area contributed by atoms with E-state index in [1.165, 1.54) is 4.88 Å². The van der Waals surface area contributed by atoms with Crippen LogP contribution >= 0.6 is 22.9 Å². The van der Waals surface area contributed by atoms with Crippen molar-refractivity contribution in [3.63, 3.8) is 0 Å². The zero-order chi connectivity index (χ0) is 22.6. The van der Waals surface area contributed by atoms with Gasteiger partial charge in [-0.05, 0) is 73.2 Å². The maximum Gasteiger partial charge on any atom is 0.254 e. The number of carbonyl (C=O) groups is 1. The number of nitrogens with zero attached hydrogens (tertiary/aromatic N) is 1. The summed E-state index contributed by atoms with van der Waals surface area (Å²) in [5.74, 6) is 1.33. The van der Waals surface area contributed by atoms with Gasteiger partial charge in [0.25, 0.3) is 5.91 Å². The average Bonchev–Trinajstić information content (AvgIpc) is 3.47. The van der Waals surface area contributed by atoms with Gasteiger partial charge in [-0.1, -0.05) is 41.9 Å². The molecule has 2 heterocycles. The molecule has 0 spiro atoms. The predicted molar refractivity (Wildman–Crippen MR) is 135 cm³/mol. The van der Waals surface area contributed by atoms with E-state index < -0.39 is 0 Å². The van der Waals surface area contributed by atoms with Crippen LogP contribution in [0, 0.1) is 0 Å². The number of rotatable bonds is 6. The van der Waals surface area contributed by atoms with Gasteiger partial charge in [-0.2, -0.15) is 0 Å². The largest absolute Gasteiger partial charge is 0.455 e. The minimum absolute atomic E-state index is 0.0632. The van der Waals surface area contributed by atoms with Gasteiger partial charge in [0.05, 0.1) is 11.8 Å². The van der Waals surface area contributed by atoms with Crippen molar-refractivity contribution in [3.8, 4) is 11.3 Å². The fourth-order valence-corrected chi connectivity index (χ4v) is 5.41. The Morgan fingerprint density at radius 3 is 2.64 bits per heavy atom. The molecule has 4 aromatic rings. The Labute approximate surface area is 201 Å². The van der Waals surface area contributed by atoms with E-state index in [2.05, 4.69) is 5.32 Å². The number of fused-ring (bicyclic) bond motifs is 1. The maximum atomic E-state index is 13.2. The molecule has 1 amide bonds. The van der Waals surface area contributed by atoms with Crippen LogP contribution in [0.25, 0.3) is 11.3 Å². The second-order valence-electron chi connectivity index (χ2n) is 8.03. The Kier molecular flexibility index (Phi) is 6.42. The summed E-state index contributed by atoms with van der Waals surface area (Å²) in [6, 6.07) is 21.3. The molecule has 0 saturated heterocycles. The summed E-state index contributed by atoms with van der Waals surface area (Å²) in [5.41, 5.74) is 3.90. The molecule has 4 nitrogen and oxygen atoms in total. The van der Waals surface area contributed by atoms with Crippen molar-refractivity contribution >= 4 is 40.1 Å². The fraction of sp³-hybridized carbons (Fsp3) is 0.185. The number of halogens is 1. The molecule has 0 aliphatic heterocycles. The highest BCUT2D eigenvalue weighted by Crippen LogP contribution is 2.40. The predicted octanol–water partition coefficient (Wildman–Crippen LogP) is 7.22. The summed E-state index contributed by atoms with van der Waals surface area (Å²) in [5, 5.41) is 4.51. The van der Waals surface area contributed by atoms with Crippen LogP contribution in [0.4, 0.5) is 5.00 Å². The standard InChI is InChI=1S/C27H23ClN2O2S/c28-20-12-10-19(11-13-20)23-15-14-21(32-23)17-30-27-25(22-8-4-5-9-24(22)33-27)26(31)29-16-18-6-2-1-3-7-18/h1-3,6-7,10-15,17H,4-5,8-9,16H2,(H,29,31). The first kappa shape index (κ1) is 21.7. The first-order valence-electron chi connectivity index (χ1n) is 11.0. The number of amides is 1. The monoisotopic (exact) mass is 474 g/mol. The number of aryl methyl sites for hydroxylation is 1. The van der Waals surface area contributed by atoms with Crippen LogP contribution in [-0.4, -0.2) is 12.1 Å². The number of thiophene rings is 1. The molecule has 6 heteroatoms. The molecule has 166 valence electrons. The number of benzene rings is 2. The molecule has 2 aromatic carbocycles. The van der Waals surface area contributed by atoms with Crippen molar-refractivity contribution in [1.82, 2.24) is 5.32 Å². The van der Waals surface area contributed by atoms with Gasteiger partial charge in [-0.25, -0.2) is 4.99 Å². The van der Waals surface area contributed by atoms with Gasteiger partial charge in [0.2, 0.25) is 0 Å². The first-order valence-corrected chi connectivity index (χ1v) is 12.2. The van der Waals surface area contributed by atoms with Gasteiger partial charge in [-0.3, -0.25) is 4.79 Å². The second-order valence-corrected chi connectivity index (χ2v) is 9.55. The molecule has 0 unspecified atom stereocenters. The van der Waals surface area contributed by atoms with Crippen molar-refractivity contribution in [2.45, 2.75) is 32.2 Å². The molecule has 0 fully saturated rings. The first-order chi connectivity index (χ1) is 16.2. The average molecular weight is 475 g/mol. The van der Waals surface area contributed by atoms with Crippen molar-refractivity contribution in [1.29, 1.82) is 0 Å². The summed E-state index contributed by atoms with van der Waals surface area (Å²) >= 11 is 7.60. The lowest BCUT2D eigenvalue weighted by atomic mass is 9.95. The quantitative estimate of drug-likeness (QED) is 0.300. The van der Waals surface area contributed by atoms with E-state index in [-0.39, 0.29) is 5.91 Å². The molecular formula is C27H23ClN2O2S. The third-order valence-electron chi connectivity index (χ3n) is 5.74. The number of hydrogen-bond acceptors (Lipinski definition) is 4. The third-order valence-corrected chi connectivity index (χ3v) is 7.19. The minimum Gasteiger partial charge on any atom is -0.455 e. The summed E-state index contributed by atoms with van der Waals surface area (Å²) in [6.07, 6.45) is 5.90.